The summed E-state index contributed by atoms with van der Waals surface area (Å²) in [6.45, 7) is 7.25. The van der Waals surface area contributed by atoms with Crippen LogP contribution in [0.5, 0.6) is 0 Å². The Morgan fingerprint density at radius 2 is 2.10 bits per heavy atom. The van der Waals surface area contributed by atoms with Crippen LogP contribution >= 0.6 is 0 Å². The second kappa shape index (κ2) is 7.18. The van der Waals surface area contributed by atoms with Crippen molar-refractivity contribution < 1.29 is 19.3 Å². The average molecular weight is 287 g/mol. The van der Waals surface area contributed by atoms with Gasteiger partial charge >= 0.3 is 0 Å². The Kier molecular flexibility index (Phi) is 5.81. The first-order valence-corrected chi connectivity index (χ1v) is 7.82. The van der Waals surface area contributed by atoms with Gasteiger partial charge in [-0.3, -0.25) is 4.90 Å². The van der Waals surface area contributed by atoms with E-state index in [0.717, 1.165) is 32.2 Å². The lowest BCUT2D eigenvalue weighted by Crippen LogP contribution is -2.56. The second-order valence-electron chi connectivity index (χ2n) is 5.97. The Morgan fingerprint density at radius 1 is 1.40 bits per heavy atom. The lowest BCUT2D eigenvalue weighted by atomic mass is 9.85. The topological polar surface area (TPSA) is 51.2 Å². The first-order valence-electron chi connectivity index (χ1n) is 7.82. The van der Waals surface area contributed by atoms with Crippen LogP contribution in [0.25, 0.3) is 0 Å². The van der Waals surface area contributed by atoms with Crippen molar-refractivity contribution in [3.63, 3.8) is 0 Å². The van der Waals surface area contributed by atoms with E-state index in [2.05, 4.69) is 18.7 Å². The molecule has 0 aromatic rings. The molecule has 5 heteroatoms. The van der Waals surface area contributed by atoms with Gasteiger partial charge in [-0.05, 0) is 19.8 Å². The Hall–Kier alpha value is -0.200. The Morgan fingerprint density at radius 3 is 2.70 bits per heavy atom. The minimum Gasteiger partial charge on any atom is -0.391 e. The van der Waals surface area contributed by atoms with Crippen molar-refractivity contribution in [3.05, 3.63) is 0 Å². The van der Waals surface area contributed by atoms with Crippen LogP contribution in [0.1, 0.15) is 39.5 Å². The van der Waals surface area contributed by atoms with Crippen molar-refractivity contribution >= 4 is 0 Å². The Labute approximate surface area is 122 Å². The van der Waals surface area contributed by atoms with Crippen molar-refractivity contribution in [2.45, 2.75) is 63.5 Å². The molecule has 2 rings (SSSR count). The molecular weight excluding hydrogens is 258 g/mol. The maximum absolute atomic E-state index is 10.4. The molecule has 118 valence electrons. The highest BCUT2D eigenvalue weighted by Crippen LogP contribution is 2.38. The van der Waals surface area contributed by atoms with E-state index in [9.17, 15) is 5.11 Å². The smallest absolute Gasteiger partial charge is 0.170 e. The fourth-order valence-electron chi connectivity index (χ4n) is 3.36. The third kappa shape index (κ3) is 3.52. The normalized spacial score (nSPS) is 31.1. The fourth-order valence-corrected chi connectivity index (χ4v) is 3.36. The summed E-state index contributed by atoms with van der Waals surface area (Å²) in [4.78, 5) is 2.36. The average Bonchev–Trinajstić information content (AvgIpc) is 2.91. The molecule has 1 spiro atoms. The molecule has 0 bridgehead atoms. The van der Waals surface area contributed by atoms with Gasteiger partial charge in [-0.15, -0.1) is 0 Å². The first-order chi connectivity index (χ1) is 9.62. The van der Waals surface area contributed by atoms with Gasteiger partial charge in [0, 0.05) is 38.6 Å². The number of methoxy groups -OCH3 is 1. The molecule has 3 atom stereocenters. The SMILES string of the molecule is CCC(C)N(CCOC)C1CC2(CCC1O)OCCO2. The summed E-state index contributed by atoms with van der Waals surface area (Å²) in [7, 11) is 1.72. The van der Waals surface area contributed by atoms with Crippen molar-refractivity contribution in [2.75, 3.05) is 33.5 Å². The number of hydrogen-bond acceptors (Lipinski definition) is 5. The van der Waals surface area contributed by atoms with Crippen molar-refractivity contribution in [1.29, 1.82) is 0 Å². The lowest BCUT2D eigenvalue weighted by Gasteiger charge is -2.46. The molecule has 20 heavy (non-hydrogen) atoms. The van der Waals surface area contributed by atoms with E-state index in [0.29, 0.717) is 25.9 Å². The molecule has 1 saturated heterocycles. The molecule has 5 nitrogen and oxygen atoms in total. The number of nitrogens with zero attached hydrogens (tertiary/aromatic N) is 1. The molecule has 1 aliphatic heterocycles. The van der Waals surface area contributed by atoms with Crippen LogP contribution in [0.2, 0.25) is 0 Å². The van der Waals surface area contributed by atoms with Crippen LogP contribution in [0, 0.1) is 0 Å². The van der Waals surface area contributed by atoms with E-state index in [1.165, 1.54) is 0 Å². The summed E-state index contributed by atoms with van der Waals surface area (Å²) < 4.78 is 16.9. The van der Waals surface area contributed by atoms with Crippen LogP contribution in [0.15, 0.2) is 0 Å². The largest absolute Gasteiger partial charge is 0.391 e. The highest BCUT2D eigenvalue weighted by molar-refractivity contribution is 4.94. The molecular formula is C15H29NO4. The minimum absolute atomic E-state index is 0.0898. The highest BCUT2D eigenvalue weighted by atomic mass is 16.7. The predicted molar refractivity (Wildman–Crippen MR) is 76.6 cm³/mol. The zero-order valence-corrected chi connectivity index (χ0v) is 13.0. The van der Waals surface area contributed by atoms with E-state index >= 15 is 0 Å². The zero-order valence-electron chi connectivity index (χ0n) is 13.0. The number of ether oxygens (including phenoxy) is 3. The molecule has 3 unspecified atom stereocenters. The number of aliphatic hydroxyl groups is 1. The summed E-state index contributed by atoms with van der Waals surface area (Å²) >= 11 is 0. The van der Waals surface area contributed by atoms with Crippen LogP contribution in [-0.2, 0) is 14.2 Å². The third-order valence-corrected chi connectivity index (χ3v) is 4.74. The van der Waals surface area contributed by atoms with Crippen molar-refractivity contribution in [3.8, 4) is 0 Å². The van der Waals surface area contributed by atoms with Crippen LogP contribution < -0.4 is 0 Å². The van der Waals surface area contributed by atoms with E-state index in [4.69, 9.17) is 14.2 Å². The van der Waals surface area contributed by atoms with Gasteiger partial charge in [0.25, 0.3) is 0 Å². The van der Waals surface area contributed by atoms with Gasteiger partial charge in [0.1, 0.15) is 0 Å². The molecule has 0 radical (unpaired) electrons. The molecule has 0 aromatic heterocycles. The standard InChI is InChI=1S/C15H29NO4/c1-4-12(2)16(7-8-18-3)13-11-15(6-5-14(13)17)19-9-10-20-15/h12-14,17H,4-11H2,1-3H3. The van der Waals surface area contributed by atoms with Crippen molar-refractivity contribution in [1.82, 2.24) is 4.90 Å². The summed E-state index contributed by atoms with van der Waals surface area (Å²) in [6.07, 6.45) is 3.04. The van der Waals surface area contributed by atoms with Gasteiger partial charge in [0.2, 0.25) is 0 Å². The monoisotopic (exact) mass is 287 g/mol. The third-order valence-electron chi connectivity index (χ3n) is 4.74. The Bertz CT molecular complexity index is 294. The van der Waals surface area contributed by atoms with Crippen LogP contribution in [0.3, 0.4) is 0 Å². The predicted octanol–water partition coefficient (Wildman–Crippen LogP) is 1.39. The van der Waals surface area contributed by atoms with E-state index in [1.807, 2.05) is 0 Å². The fraction of sp³-hybridized carbons (Fsp3) is 1.00. The number of aliphatic hydroxyl groups excluding tert-OH is 1. The zero-order chi connectivity index (χ0) is 14.6. The molecule has 2 fully saturated rings. The molecule has 1 N–H and O–H groups in total. The van der Waals surface area contributed by atoms with Gasteiger partial charge in [0.05, 0.1) is 25.9 Å². The summed E-state index contributed by atoms with van der Waals surface area (Å²) in [5, 5.41) is 10.4. The Balaban J connectivity index is 2.07. The first kappa shape index (κ1) is 16.2. The number of rotatable bonds is 6. The quantitative estimate of drug-likeness (QED) is 0.800. The maximum Gasteiger partial charge on any atom is 0.170 e. The second-order valence-corrected chi connectivity index (χ2v) is 5.97. The highest BCUT2D eigenvalue weighted by Gasteiger charge is 2.46. The summed E-state index contributed by atoms with van der Waals surface area (Å²) in [6, 6.07) is 0.508. The van der Waals surface area contributed by atoms with Gasteiger partial charge in [-0.25, -0.2) is 0 Å². The molecule has 1 heterocycles. The molecule has 0 aromatic carbocycles. The summed E-state index contributed by atoms with van der Waals surface area (Å²) in [5.74, 6) is -0.456. The van der Waals surface area contributed by atoms with E-state index < -0.39 is 5.79 Å². The van der Waals surface area contributed by atoms with Crippen LogP contribution in [-0.4, -0.2) is 67.5 Å². The van der Waals surface area contributed by atoms with E-state index in [1.54, 1.807) is 7.11 Å². The lowest BCUT2D eigenvalue weighted by molar-refractivity contribution is -0.207. The summed E-state index contributed by atoms with van der Waals surface area (Å²) in [5.41, 5.74) is 0. The van der Waals surface area contributed by atoms with Gasteiger partial charge in [-0.2, -0.15) is 0 Å². The minimum atomic E-state index is -0.456. The molecule has 1 aliphatic carbocycles. The van der Waals surface area contributed by atoms with Gasteiger partial charge < -0.3 is 19.3 Å². The van der Waals surface area contributed by atoms with Gasteiger partial charge in [0.15, 0.2) is 5.79 Å². The molecule has 2 aliphatic rings. The van der Waals surface area contributed by atoms with E-state index in [-0.39, 0.29) is 12.1 Å². The molecule has 0 amide bonds. The maximum atomic E-state index is 10.4. The van der Waals surface area contributed by atoms with Gasteiger partial charge in [-0.1, -0.05) is 6.92 Å². The van der Waals surface area contributed by atoms with Crippen molar-refractivity contribution in [2.24, 2.45) is 0 Å². The molecule has 1 saturated carbocycles. The van der Waals surface area contributed by atoms with Crippen LogP contribution in [0.4, 0.5) is 0 Å². The number of hydrogen-bond donors (Lipinski definition) is 1.